The fraction of sp³-hybridized carbons (Fsp3) is 0.556. The van der Waals surface area contributed by atoms with Crippen LogP contribution in [0.5, 0.6) is 0 Å². The van der Waals surface area contributed by atoms with Crippen LogP contribution in [0.3, 0.4) is 0 Å². The van der Waals surface area contributed by atoms with Crippen molar-refractivity contribution in [3.8, 4) is 0 Å². The van der Waals surface area contributed by atoms with E-state index in [2.05, 4.69) is 0 Å². The molecule has 12 heavy (non-hydrogen) atoms. The summed E-state index contributed by atoms with van der Waals surface area (Å²) in [5.41, 5.74) is 3.95. The molecular weight excluding hydrogens is 154 g/mol. The smallest absolute Gasteiger partial charge is 0.136 e. The molecule has 1 atom stereocenters. The summed E-state index contributed by atoms with van der Waals surface area (Å²) in [4.78, 5) is 0. The van der Waals surface area contributed by atoms with Gasteiger partial charge in [-0.25, -0.2) is 0 Å². The molecule has 3 nitrogen and oxygen atoms in total. The van der Waals surface area contributed by atoms with Crippen molar-refractivity contribution in [3.05, 3.63) is 24.2 Å². The first-order chi connectivity index (χ1) is 5.36. The molecule has 0 aliphatic heterocycles. The Balaban J connectivity index is 3.02. The SMILES string of the molecule is CC(C)(N)C(C)(O)c1ccco1. The summed E-state index contributed by atoms with van der Waals surface area (Å²) in [7, 11) is 0. The minimum absolute atomic E-state index is 0.495. The highest BCUT2D eigenvalue weighted by molar-refractivity contribution is 5.14. The van der Waals surface area contributed by atoms with Gasteiger partial charge in [0.1, 0.15) is 11.4 Å². The van der Waals surface area contributed by atoms with Crippen LogP contribution < -0.4 is 5.73 Å². The lowest BCUT2D eigenvalue weighted by atomic mass is 9.83. The molecule has 0 aliphatic carbocycles. The first-order valence-corrected chi connectivity index (χ1v) is 3.91. The summed E-state index contributed by atoms with van der Waals surface area (Å²) in [5.74, 6) is 0.495. The Bertz CT molecular complexity index is 244. The summed E-state index contributed by atoms with van der Waals surface area (Å²) in [6, 6.07) is 3.45. The molecule has 0 aromatic carbocycles. The van der Waals surface area contributed by atoms with Gasteiger partial charge in [-0.1, -0.05) is 0 Å². The summed E-state index contributed by atoms with van der Waals surface area (Å²) in [6.45, 7) is 5.16. The number of furan rings is 1. The first kappa shape index (κ1) is 9.29. The van der Waals surface area contributed by atoms with Gasteiger partial charge >= 0.3 is 0 Å². The lowest BCUT2D eigenvalue weighted by Crippen LogP contribution is -2.51. The molecule has 1 unspecified atom stereocenters. The standard InChI is InChI=1S/C9H15NO2/c1-8(2,10)9(3,11)7-5-4-6-12-7/h4-6,11H,10H2,1-3H3. The summed E-state index contributed by atoms with van der Waals surface area (Å²) < 4.78 is 5.09. The van der Waals surface area contributed by atoms with Crippen LogP contribution >= 0.6 is 0 Å². The van der Waals surface area contributed by atoms with Crippen molar-refractivity contribution in [3.63, 3.8) is 0 Å². The molecule has 3 N–H and O–H groups in total. The lowest BCUT2D eigenvalue weighted by Gasteiger charge is -2.34. The van der Waals surface area contributed by atoms with Gasteiger partial charge in [0, 0.05) is 5.54 Å². The van der Waals surface area contributed by atoms with Crippen LogP contribution in [0.1, 0.15) is 26.5 Å². The Labute approximate surface area is 72.2 Å². The Kier molecular flexibility index (Phi) is 2.02. The van der Waals surface area contributed by atoms with E-state index in [1.807, 2.05) is 0 Å². The van der Waals surface area contributed by atoms with Crippen molar-refractivity contribution < 1.29 is 9.52 Å². The van der Waals surface area contributed by atoms with Crippen LogP contribution in [0, 0.1) is 0 Å². The van der Waals surface area contributed by atoms with Crippen molar-refractivity contribution in [2.75, 3.05) is 0 Å². The molecule has 0 bridgehead atoms. The molecule has 0 spiro atoms. The van der Waals surface area contributed by atoms with Crippen molar-refractivity contribution >= 4 is 0 Å². The largest absolute Gasteiger partial charge is 0.466 e. The molecule has 1 aromatic heterocycles. The maximum Gasteiger partial charge on any atom is 0.136 e. The van der Waals surface area contributed by atoms with Crippen molar-refractivity contribution in [2.45, 2.75) is 31.9 Å². The van der Waals surface area contributed by atoms with Gasteiger partial charge in [0.05, 0.1) is 6.26 Å². The van der Waals surface area contributed by atoms with Crippen LogP contribution in [0.4, 0.5) is 0 Å². The molecule has 0 amide bonds. The van der Waals surface area contributed by atoms with E-state index in [1.54, 1.807) is 32.9 Å². The minimum atomic E-state index is -1.13. The van der Waals surface area contributed by atoms with Gasteiger partial charge in [-0.15, -0.1) is 0 Å². The summed E-state index contributed by atoms with van der Waals surface area (Å²) in [5, 5.41) is 9.99. The Hall–Kier alpha value is -0.800. The quantitative estimate of drug-likeness (QED) is 0.700. The van der Waals surface area contributed by atoms with E-state index in [-0.39, 0.29) is 0 Å². The van der Waals surface area contributed by atoms with Crippen molar-refractivity contribution in [2.24, 2.45) is 5.73 Å². The predicted octanol–water partition coefficient (Wildman–Crippen LogP) is 1.22. The molecule has 0 saturated heterocycles. The third-order valence-corrected chi connectivity index (χ3v) is 2.26. The van der Waals surface area contributed by atoms with E-state index >= 15 is 0 Å². The molecule has 68 valence electrons. The van der Waals surface area contributed by atoms with Gasteiger partial charge in [-0.2, -0.15) is 0 Å². The molecule has 0 radical (unpaired) electrons. The molecule has 0 fully saturated rings. The minimum Gasteiger partial charge on any atom is -0.466 e. The van der Waals surface area contributed by atoms with Crippen molar-refractivity contribution in [1.29, 1.82) is 0 Å². The fourth-order valence-electron chi connectivity index (χ4n) is 0.873. The number of aliphatic hydroxyl groups is 1. The summed E-state index contributed by atoms with van der Waals surface area (Å²) in [6.07, 6.45) is 1.52. The maximum atomic E-state index is 9.99. The maximum absolute atomic E-state index is 9.99. The van der Waals surface area contributed by atoms with Crippen LogP contribution in [0.2, 0.25) is 0 Å². The molecule has 0 aliphatic rings. The third-order valence-electron chi connectivity index (χ3n) is 2.26. The Morgan fingerprint density at radius 2 is 2.00 bits per heavy atom. The second kappa shape index (κ2) is 2.61. The van der Waals surface area contributed by atoms with E-state index in [0.29, 0.717) is 5.76 Å². The number of hydrogen-bond donors (Lipinski definition) is 2. The van der Waals surface area contributed by atoms with Crippen LogP contribution in [-0.2, 0) is 5.60 Å². The second-order valence-corrected chi connectivity index (χ2v) is 3.77. The highest BCUT2D eigenvalue weighted by atomic mass is 16.4. The third kappa shape index (κ3) is 1.38. The second-order valence-electron chi connectivity index (χ2n) is 3.77. The van der Waals surface area contributed by atoms with Crippen LogP contribution in [0.15, 0.2) is 22.8 Å². The molecule has 3 heteroatoms. The Morgan fingerprint density at radius 1 is 1.42 bits per heavy atom. The zero-order valence-corrected chi connectivity index (χ0v) is 7.66. The van der Waals surface area contributed by atoms with Gasteiger partial charge in [0.25, 0.3) is 0 Å². The van der Waals surface area contributed by atoms with E-state index in [0.717, 1.165) is 0 Å². The van der Waals surface area contributed by atoms with Crippen molar-refractivity contribution in [1.82, 2.24) is 0 Å². The van der Waals surface area contributed by atoms with Crippen LogP contribution in [-0.4, -0.2) is 10.6 Å². The monoisotopic (exact) mass is 169 g/mol. The topological polar surface area (TPSA) is 59.4 Å². The van der Waals surface area contributed by atoms with Gasteiger partial charge in [0.15, 0.2) is 0 Å². The predicted molar refractivity (Wildman–Crippen MR) is 46.5 cm³/mol. The fourth-order valence-corrected chi connectivity index (χ4v) is 0.873. The van der Waals surface area contributed by atoms with E-state index < -0.39 is 11.1 Å². The zero-order valence-electron chi connectivity index (χ0n) is 7.66. The van der Waals surface area contributed by atoms with Gasteiger partial charge < -0.3 is 15.3 Å². The number of nitrogens with two attached hydrogens (primary N) is 1. The van der Waals surface area contributed by atoms with Crippen LogP contribution in [0.25, 0.3) is 0 Å². The van der Waals surface area contributed by atoms with Gasteiger partial charge in [0.2, 0.25) is 0 Å². The Morgan fingerprint density at radius 3 is 2.33 bits per heavy atom. The summed E-state index contributed by atoms with van der Waals surface area (Å²) >= 11 is 0. The molecule has 1 aromatic rings. The zero-order chi connectivity index (χ0) is 9.41. The first-order valence-electron chi connectivity index (χ1n) is 3.91. The molecule has 0 saturated carbocycles. The molecule has 1 rings (SSSR count). The van der Waals surface area contributed by atoms with E-state index in [9.17, 15) is 5.11 Å². The van der Waals surface area contributed by atoms with Gasteiger partial charge in [-0.3, -0.25) is 0 Å². The average Bonchev–Trinajstić information content (AvgIpc) is 2.34. The number of rotatable bonds is 2. The number of hydrogen-bond acceptors (Lipinski definition) is 3. The highest BCUT2D eigenvalue weighted by Gasteiger charge is 2.39. The van der Waals surface area contributed by atoms with Gasteiger partial charge in [-0.05, 0) is 32.9 Å². The average molecular weight is 169 g/mol. The normalized spacial score (nSPS) is 17.4. The van der Waals surface area contributed by atoms with E-state index in [1.165, 1.54) is 6.26 Å². The molecular formula is C9H15NO2. The molecule has 1 heterocycles. The van der Waals surface area contributed by atoms with E-state index in [4.69, 9.17) is 10.2 Å². The lowest BCUT2D eigenvalue weighted by molar-refractivity contribution is -0.0274. The highest BCUT2D eigenvalue weighted by Crippen LogP contribution is 2.30.